The number of hydrogen-bond donors (Lipinski definition) is 0. The number of amides is 1. The normalized spacial score (nSPS) is 23.2. The molecule has 10 heteroatoms. The molecule has 1 saturated heterocycles. The zero-order valence-corrected chi connectivity index (χ0v) is 11.2. The van der Waals surface area contributed by atoms with Gasteiger partial charge in [0.1, 0.15) is 5.78 Å². The highest BCUT2D eigenvalue weighted by molar-refractivity contribution is 7.91. The van der Waals surface area contributed by atoms with Gasteiger partial charge in [-0.25, -0.2) is 8.42 Å². The van der Waals surface area contributed by atoms with E-state index in [2.05, 4.69) is 0 Å². The lowest BCUT2D eigenvalue weighted by Crippen LogP contribution is -2.55. The molecule has 0 aliphatic carbocycles. The van der Waals surface area contributed by atoms with Crippen molar-refractivity contribution in [2.75, 3.05) is 23.9 Å². The van der Waals surface area contributed by atoms with Gasteiger partial charge in [-0.15, -0.1) is 11.6 Å². The standard InChI is InChI=1S/C9H11ClF3NO4S/c10-4-7(15)3-6-5-19(17,18)2-1-14(6)8(16)9(11,12)13/h6H,1-5H2. The smallest absolute Gasteiger partial charge is 0.329 e. The molecule has 1 unspecified atom stereocenters. The number of hydrogen-bond acceptors (Lipinski definition) is 4. The predicted octanol–water partition coefficient (Wildman–Crippen LogP) is 0.372. The molecule has 1 aliphatic heterocycles. The van der Waals surface area contributed by atoms with E-state index in [4.69, 9.17) is 11.6 Å². The highest BCUT2D eigenvalue weighted by Crippen LogP contribution is 2.24. The molecule has 5 nitrogen and oxygen atoms in total. The zero-order chi connectivity index (χ0) is 14.8. The van der Waals surface area contributed by atoms with Crippen LogP contribution in [-0.4, -0.2) is 61.2 Å². The maximum absolute atomic E-state index is 12.4. The molecular weight excluding hydrogens is 311 g/mol. The lowest BCUT2D eigenvalue weighted by molar-refractivity contribution is -0.187. The fourth-order valence-corrected chi connectivity index (χ4v) is 3.44. The molecule has 19 heavy (non-hydrogen) atoms. The molecule has 0 saturated carbocycles. The Hall–Kier alpha value is -0.830. The average molecular weight is 322 g/mol. The van der Waals surface area contributed by atoms with Crippen LogP contribution in [0.3, 0.4) is 0 Å². The van der Waals surface area contributed by atoms with Crippen molar-refractivity contribution >= 4 is 33.1 Å². The first kappa shape index (κ1) is 16.2. The number of Topliss-reactive ketones (excluding diaryl/α,β-unsaturated/α-hetero) is 1. The molecule has 1 atom stereocenters. The second kappa shape index (κ2) is 5.66. The van der Waals surface area contributed by atoms with Crippen molar-refractivity contribution < 1.29 is 31.2 Å². The van der Waals surface area contributed by atoms with Crippen LogP contribution in [0.15, 0.2) is 0 Å². The van der Waals surface area contributed by atoms with Gasteiger partial charge in [-0.3, -0.25) is 9.59 Å². The van der Waals surface area contributed by atoms with Gasteiger partial charge in [0, 0.05) is 13.0 Å². The molecule has 1 heterocycles. The number of rotatable bonds is 3. The molecule has 110 valence electrons. The summed E-state index contributed by atoms with van der Waals surface area (Å²) in [5.74, 6) is -4.37. The third-order valence-corrected chi connectivity index (χ3v) is 4.64. The van der Waals surface area contributed by atoms with Gasteiger partial charge in [-0.2, -0.15) is 13.2 Å². The Morgan fingerprint density at radius 2 is 1.89 bits per heavy atom. The van der Waals surface area contributed by atoms with Gasteiger partial charge >= 0.3 is 12.1 Å². The van der Waals surface area contributed by atoms with Gasteiger partial charge in [-0.1, -0.05) is 0 Å². The Morgan fingerprint density at radius 1 is 1.32 bits per heavy atom. The van der Waals surface area contributed by atoms with E-state index in [1.165, 1.54) is 0 Å². The minimum atomic E-state index is -5.09. The summed E-state index contributed by atoms with van der Waals surface area (Å²) in [6, 6.07) is -1.31. The molecule has 1 rings (SSSR count). The SMILES string of the molecule is O=C(CCl)CC1CS(=O)(=O)CCN1C(=O)C(F)(F)F. The van der Waals surface area contributed by atoms with Crippen molar-refractivity contribution in [3.8, 4) is 0 Å². The van der Waals surface area contributed by atoms with Crippen molar-refractivity contribution in [3.05, 3.63) is 0 Å². The summed E-state index contributed by atoms with van der Waals surface area (Å²) < 4.78 is 59.9. The summed E-state index contributed by atoms with van der Waals surface area (Å²) >= 11 is 5.23. The molecule has 0 aromatic rings. The van der Waals surface area contributed by atoms with Crippen molar-refractivity contribution in [2.45, 2.75) is 18.6 Å². The number of carbonyl (C=O) groups is 2. The first-order valence-electron chi connectivity index (χ1n) is 5.22. The third kappa shape index (κ3) is 4.34. The van der Waals surface area contributed by atoms with E-state index in [1.54, 1.807) is 0 Å². The van der Waals surface area contributed by atoms with E-state index in [1.807, 2.05) is 0 Å². The van der Waals surface area contributed by atoms with E-state index in [0.29, 0.717) is 4.90 Å². The van der Waals surface area contributed by atoms with Crippen LogP contribution in [0.1, 0.15) is 6.42 Å². The monoisotopic (exact) mass is 321 g/mol. The van der Waals surface area contributed by atoms with E-state index in [0.717, 1.165) is 0 Å². The summed E-state index contributed by atoms with van der Waals surface area (Å²) in [6.45, 7) is -0.569. The molecule has 1 amide bonds. The Morgan fingerprint density at radius 3 is 2.37 bits per heavy atom. The second-order valence-electron chi connectivity index (χ2n) is 4.14. The molecular formula is C9H11ClF3NO4S. The summed E-state index contributed by atoms with van der Waals surface area (Å²) in [7, 11) is -3.55. The highest BCUT2D eigenvalue weighted by atomic mass is 35.5. The number of halogens is 4. The Bertz CT molecular complexity index is 476. The zero-order valence-electron chi connectivity index (χ0n) is 9.61. The summed E-state index contributed by atoms with van der Waals surface area (Å²) in [4.78, 5) is 22.7. The molecule has 0 bridgehead atoms. The first-order chi connectivity index (χ1) is 8.57. The molecule has 0 aromatic carbocycles. The fraction of sp³-hybridized carbons (Fsp3) is 0.778. The fourth-order valence-electron chi connectivity index (χ4n) is 1.80. The third-order valence-electron chi connectivity index (χ3n) is 2.65. The van der Waals surface area contributed by atoms with Gasteiger partial charge in [0.2, 0.25) is 0 Å². The van der Waals surface area contributed by atoms with Gasteiger partial charge in [0.25, 0.3) is 0 Å². The van der Waals surface area contributed by atoms with Gasteiger partial charge in [-0.05, 0) is 0 Å². The lowest BCUT2D eigenvalue weighted by Gasteiger charge is -2.35. The number of alkyl halides is 4. The Kier molecular flexibility index (Phi) is 4.83. The lowest BCUT2D eigenvalue weighted by atomic mass is 10.1. The van der Waals surface area contributed by atoms with E-state index in [9.17, 15) is 31.2 Å². The molecule has 0 N–H and O–H groups in total. The van der Waals surface area contributed by atoms with Crippen molar-refractivity contribution in [3.63, 3.8) is 0 Å². The van der Waals surface area contributed by atoms with Crippen LogP contribution < -0.4 is 0 Å². The number of carbonyl (C=O) groups excluding carboxylic acids is 2. The summed E-state index contributed by atoms with van der Waals surface area (Å²) in [5, 5.41) is 0. The second-order valence-corrected chi connectivity index (χ2v) is 6.64. The quantitative estimate of drug-likeness (QED) is 0.704. The first-order valence-corrected chi connectivity index (χ1v) is 7.58. The van der Waals surface area contributed by atoms with Crippen molar-refractivity contribution in [1.82, 2.24) is 4.90 Å². The highest BCUT2D eigenvalue weighted by Gasteiger charge is 2.47. The number of nitrogens with zero attached hydrogens (tertiary/aromatic N) is 1. The average Bonchev–Trinajstić information content (AvgIpc) is 2.26. The number of ketones is 1. The maximum Gasteiger partial charge on any atom is 0.471 e. The Labute approximate surface area is 112 Å². The van der Waals surface area contributed by atoms with E-state index in [-0.39, 0.29) is 0 Å². The molecule has 1 fully saturated rings. The molecule has 0 spiro atoms. The van der Waals surface area contributed by atoms with Gasteiger partial charge in [0.15, 0.2) is 9.84 Å². The minimum Gasteiger partial charge on any atom is -0.329 e. The molecule has 0 aromatic heterocycles. The maximum atomic E-state index is 12.4. The van der Waals surface area contributed by atoms with E-state index < -0.39 is 64.1 Å². The van der Waals surface area contributed by atoms with Crippen LogP contribution in [0.2, 0.25) is 0 Å². The van der Waals surface area contributed by atoms with Crippen LogP contribution in [0, 0.1) is 0 Å². The van der Waals surface area contributed by atoms with Crippen LogP contribution in [0.4, 0.5) is 13.2 Å². The largest absolute Gasteiger partial charge is 0.471 e. The van der Waals surface area contributed by atoms with Crippen LogP contribution in [0.25, 0.3) is 0 Å². The minimum absolute atomic E-state index is 0.394. The summed E-state index contributed by atoms with van der Waals surface area (Å²) in [5.41, 5.74) is 0. The van der Waals surface area contributed by atoms with Gasteiger partial charge < -0.3 is 4.90 Å². The van der Waals surface area contributed by atoms with Crippen LogP contribution >= 0.6 is 11.6 Å². The predicted molar refractivity (Wildman–Crippen MR) is 60.6 cm³/mol. The molecule has 1 aliphatic rings. The van der Waals surface area contributed by atoms with Crippen LogP contribution in [-0.2, 0) is 19.4 Å². The van der Waals surface area contributed by atoms with Crippen molar-refractivity contribution in [2.24, 2.45) is 0 Å². The number of sulfone groups is 1. The van der Waals surface area contributed by atoms with Gasteiger partial charge in [0.05, 0.1) is 23.4 Å². The van der Waals surface area contributed by atoms with Crippen LogP contribution in [0.5, 0.6) is 0 Å². The topological polar surface area (TPSA) is 71.5 Å². The molecule has 0 radical (unpaired) electrons. The van der Waals surface area contributed by atoms with E-state index >= 15 is 0 Å². The Balaban J connectivity index is 2.94. The van der Waals surface area contributed by atoms with Crippen molar-refractivity contribution in [1.29, 1.82) is 0 Å². The summed E-state index contributed by atoms with van der Waals surface area (Å²) in [6.07, 6.45) is -5.59.